The molecule has 0 aliphatic rings. The molecular formula is C17H18N2O3. The topological polar surface area (TPSA) is 81.4 Å². The highest BCUT2D eigenvalue weighted by Gasteiger charge is 2.17. The molecule has 2 amide bonds. The molecule has 2 rings (SSSR count). The van der Waals surface area contributed by atoms with E-state index in [1.165, 1.54) is 7.11 Å². The Labute approximate surface area is 129 Å². The van der Waals surface area contributed by atoms with Gasteiger partial charge in [0.2, 0.25) is 0 Å². The first-order valence-electron chi connectivity index (χ1n) is 6.79. The highest BCUT2D eigenvalue weighted by atomic mass is 16.5. The van der Waals surface area contributed by atoms with Crippen molar-refractivity contribution in [3.63, 3.8) is 0 Å². The summed E-state index contributed by atoms with van der Waals surface area (Å²) in [6, 6.07) is 10.3. The fourth-order valence-corrected chi connectivity index (χ4v) is 2.39. The molecule has 3 N–H and O–H groups in total. The number of hydrogen-bond acceptors (Lipinski definition) is 3. The average molecular weight is 298 g/mol. The number of carbonyl (C=O) groups is 2. The number of aryl methyl sites for hydroxylation is 2. The van der Waals surface area contributed by atoms with Crippen molar-refractivity contribution in [2.75, 3.05) is 12.4 Å². The van der Waals surface area contributed by atoms with Crippen LogP contribution in [0, 0.1) is 13.8 Å². The van der Waals surface area contributed by atoms with Crippen molar-refractivity contribution in [3.8, 4) is 5.75 Å². The summed E-state index contributed by atoms with van der Waals surface area (Å²) in [5.74, 6) is -0.430. The third-order valence-corrected chi connectivity index (χ3v) is 3.31. The van der Waals surface area contributed by atoms with E-state index in [-0.39, 0.29) is 11.5 Å². The SMILES string of the molecule is COc1c(C)cc(C)cc1C(=O)Nc1ccccc1C(N)=O. The summed E-state index contributed by atoms with van der Waals surface area (Å²) >= 11 is 0. The monoisotopic (exact) mass is 298 g/mol. The summed E-state index contributed by atoms with van der Waals surface area (Å²) < 4.78 is 5.32. The quantitative estimate of drug-likeness (QED) is 0.910. The van der Waals surface area contributed by atoms with Gasteiger partial charge >= 0.3 is 0 Å². The Kier molecular flexibility index (Phi) is 4.46. The van der Waals surface area contributed by atoms with Gasteiger partial charge < -0.3 is 15.8 Å². The van der Waals surface area contributed by atoms with Crippen molar-refractivity contribution in [2.24, 2.45) is 5.73 Å². The minimum Gasteiger partial charge on any atom is -0.496 e. The first-order chi connectivity index (χ1) is 10.4. The fourth-order valence-electron chi connectivity index (χ4n) is 2.39. The summed E-state index contributed by atoms with van der Waals surface area (Å²) in [5, 5.41) is 2.72. The van der Waals surface area contributed by atoms with Crippen LogP contribution in [0.5, 0.6) is 5.75 Å². The summed E-state index contributed by atoms with van der Waals surface area (Å²) in [6.45, 7) is 3.78. The Bertz CT molecular complexity index is 739. The van der Waals surface area contributed by atoms with Crippen LogP contribution in [-0.2, 0) is 0 Å². The first kappa shape index (κ1) is 15.6. The minimum absolute atomic E-state index is 0.263. The molecule has 2 aromatic rings. The Morgan fingerprint density at radius 1 is 1.09 bits per heavy atom. The lowest BCUT2D eigenvalue weighted by Gasteiger charge is -2.14. The van der Waals surface area contributed by atoms with Crippen LogP contribution >= 0.6 is 0 Å². The van der Waals surface area contributed by atoms with E-state index in [9.17, 15) is 9.59 Å². The van der Waals surface area contributed by atoms with Gasteiger partial charge in [0, 0.05) is 0 Å². The average Bonchev–Trinajstić information content (AvgIpc) is 2.46. The molecule has 0 aliphatic carbocycles. The number of nitrogens with two attached hydrogens (primary N) is 1. The number of rotatable bonds is 4. The van der Waals surface area contributed by atoms with E-state index in [1.807, 2.05) is 19.9 Å². The van der Waals surface area contributed by atoms with Gasteiger partial charge in [-0.2, -0.15) is 0 Å². The van der Waals surface area contributed by atoms with Crippen LogP contribution in [0.1, 0.15) is 31.8 Å². The molecule has 0 saturated carbocycles. The van der Waals surface area contributed by atoms with E-state index in [1.54, 1.807) is 30.3 Å². The van der Waals surface area contributed by atoms with Crippen LogP contribution in [0.25, 0.3) is 0 Å². The van der Waals surface area contributed by atoms with Crippen molar-refractivity contribution < 1.29 is 14.3 Å². The smallest absolute Gasteiger partial charge is 0.259 e. The number of methoxy groups -OCH3 is 1. The zero-order chi connectivity index (χ0) is 16.3. The summed E-state index contributed by atoms with van der Waals surface area (Å²) in [7, 11) is 1.52. The van der Waals surface area contributed by atoms with E-state index in [4.69, 9.17) is 10.5 Å². The second kappa shape index (κ2) is 6.30. The molecule has 0 atom stereocenters. The maximum Gasteiger partial charge on any atom is 0.259 e. The van der Waals surface area contributed by atoms with Crippen molar-refractivity contribution in [2.45, 2.75) is 13.8 Å². The van der Waals surface area contributed by atoms with E-state index in [0.29, 0.717) is 17.0 Å². The van der Waals surface area contributed by atoms with Gasteiger partial charge in [0.25, 0.3) is 11.8 Å². The van der Waals surface area contributed by atoms with Gasteiger partial charge in [-0.3, -0.25) is 9.59 Å². The van der Waals surface area contributed by atoms with Crippen molar-refractivity contribution in [1.29, 1.82) is 0 Å². The molecule has 0 aromatic heterocycles. The number of para-hydroxylation sites is 1. The highest BCUT2D eigenvalue weighted by Crippen LogP contribution is 2.26. The van der Waals surface area contributed by atoms with Gasteiger partial charge in [0.1, 0.15) is 5.75 Å². The number of hydrogen-bond donors (Lipinski definition) is 2. The summed E-state index contributed by atoms with van der Waals surface area (Å²) in [5.41, 5.74) is 8.20. The molecule has 0 bridgehead atoms. The van der Waals surface area contributed by atoms with Gasteiger partial charge in [-0.25, -0.2) is 0 Å². The van der Waals surface area contributed by atoms with Crippen molar-refractivity contribution in [1.82, 2.24) is 0 Å². The van der Waals surface area contributed by atoms with Crippen LogP contribution in [0.3, 0.4) is 0 Å². The molecule has 5 nitrogen and oxygen atoms in total. The Morgan fingerprint density at radius 3 is 2.41 bits per heavy atom. The molecule has 0 aliphatic heterocycles. The van der Waals surface area contributed by atoms with Crippen LogP contribution in [0.15, 0.2) is 36.4 Å². The molecule has 0 radical (unpaired) electrons. The lowest BCUT2D eigenvalue weighted by atomic mass is 10.0. The van der Waals surface area contributed by atoms with Crippen molar-refractivity contribution in [3.05, 3.63) is 58.7 Å². The maximum atomic E-state index is 12.5. The predicted octanol–water partition coefficient (Wildman–Crippen LogP) is 2.66. The predicted molar refractivity (Wildman–Crippen MR) is 85.4 cm³/mol. The lowest BCUT2D eigenvalue weighted by Crippen LogP contribution is -2.19. The number of primary amides is 1. The van der Waals surface area contributed by atoms with E-state index >= 15 is 0 Å². The normalized spacial score (nSPS) is 10.1. The van der Waals surface area contributed by atoms with Crippen LogP contribution in [0.4, 0.5) is 5.69 Å². The Hall–Kier alpha value is -2.82. The standard InChI is InChI=1S/C17H18N2O3/c1-10-8-11(2)15(22-3)13(9-10)17(21)19-14-7-5-4-6-12(14)16(18)20/h4-9H,1-3H3,(H2,18,20)(H,19,21). The third kappa shape index (κ3) is 3.09. The van der Waals surface area contributed by atoms with Crippen LogP contribution < -0.4 is 15.8 Å². The molecule has 0 unspecified atom stereocenters. The number of carbonyl (C=O) groups excluding carboxylic acids is 2. The van der Waals surface area contributed by atoms with Crippen molar-refractivity contribution >= 4 is 17.5 Å². The van der Waals surface area contributed by atoms with Gasteiger partial charge in [-0.15, -0.1) is 0 Å². The summed E-state index contributed by atoms with van der Waals surface area (Å²) in [4.78, 5) is 23.9. The summed E-state index contributed by atoms with van der Waals surface area (Å²) in [6.07, 6.45) is 0. The molecule has 2 aromatic carbocycles. The molecule has 0 heterocycles. The zero-order valence-corrected chi connectivity index (χ0v) is 12.8. The molecular weight excluding hydrogens is 280 g/mol. The number of ether oxygens (including phenoxy) is 1. The number of amides is 2. The van der Waals surface area contributed by atoms with E-state index < -0.39 is 5.91 Å². The number of benzene rings is 2. The first-order valence-corrected chi connectivity index (χ1v) is 6.79. The number of anilines is 1. The number of nitrogens with one attached hydrogen (secondary N) is 1. The second-order valence-corrected chi connectivity index (χ2v) is 5.03. The lowest BCUT2D eigenvalue weighted by molar-refractivity contribution is 0.100. The molecule has 114 valence electrons. The molecule has 22 heavy (non-hydrogen) atoms. The maximum absolute atomic E-state index is 12.5. The van der Waals surface area contributed by atoms with E-state index in [2.05, 4.69) is 5.32 Å². The minimum atomic E-state index is -0.594. The highest BCUT2D eigenvalue weighted by molar-refractivity contribution is 6.10. The molecule has 0 spiro atoms. The van der Waals surface area contributed by atoms with Crippen LogP contribution in [0.2, 0.25) is 0 Å². The largest absolute Gasteiger partial charge is 0.496 e. The fraction of sp³-hybridized carbons (Fsp3) is 0.176. The molecule has 0 saturated heterocycles. The van der Waals surface area contributed by atoms with Gasteiger partial charge in [0.05, 0.1) is 23.9 Å². The molecule has 0 fully saturated rings. The van der Waals surface area contributed by atoms with Gasteiger partial charge in [-0.1, -0.05) is 18.2 Å². The van der Waals surface area contributed by atoms with E-state index in [0.717, 1.165) is 11.1 Å². The Morgan fingerprint density at radius 2 is 1.77 bits per heavy atom. The second-order valence-electron chi connectivity index (χ2n) is 5.03. The molecule has 5 heteroatoms. The Balaban J connectivity index is 2.41. The van der Waals surface area contributed by atoms with Gasteiger partial charge in [0.15, 0.2) is 0 Å². The van der Waals surface area contributed by atoms with Crippen LogP contribution in [-0.4, -0.2) is 18.9 Å². The zero-order valence-electron chi connectivity index (χ0n) is 12.8. The van der Waals surface area contributed by atoms with Gasteiger partial charge in [-0.05, 0) is 43.2 Å². The third-order valence-electron chi connectivity index (χ3n) is 3.31.